The highest BCUT2D eigenvalue weighted by Crippen LogP contribution is 2.27. The molecule has 0 bridgehead atoms. The number of aryl methyl sites for hydroxylation is 2. The van der Waals surface area contributed by atoms with Gasteiger partial charge in [-0.25, -0.2) is 0 Å². The summed E-state index contributed by atoms with van der Waals surface area (Å²) in [5, 5.41) is 15.3. The molecule has 0 saturated carbocycles. The van der Waals surface area contributed by atoms with Crippen molar-refractivity contribution in [2.24, 2.45) is 0 Å². The van der Waals surface area contributed by atoms with Crippen molar-refractivity contribution >= 4 is 11.8 Å². The third-order valence-corrected chi connectivity index (χ3v) is 5.52. The first-order valence-electron chi connectivity index (χ1n) is 11.7. The summed E-state index contributed by atoms with van der Waals surface area (Å²) >= 11 is 0. The molecule has 2 atom stereocenters. The van der Waals surface area contributed by atoms with E-state index < -0.39 is 11.6 Å². The van der Waals surface area contributed by atoms with Gasteiger partial charge in [-0.3, -0.25) is 9.59 Å². The van der Waals surface area contributed by atoms with E-state index in [0.29, 0.717) is 23.9 Å². The van der Waals surface area contributed by atoms with E-state index in [2.05, 4.69) is 20.7 Å². The highest BCUT2D eigenvalue weighted by Gasteiger charge is 2.37. The fourth-order valence-electron chi connectivity index (χ4n) is 4.00. The second kappa shape index (κ2) is 10.0. The Morgan fingerprint density at radius 2 is 1.91 bits per heavy atom. The molecule has 4 rings (SSSR count). The molecule has 35 heavy (non-hydrogen) atoms. The van der Waals surface area contributed by atoms with E-state index in [9.17, 15) is 9.59 Å². The molecule has 188 valence electrons. The Labute approximate surface area is 203 Å². The van der Waals surface area contributed by atoms with E-state index in [1.807, 2.05) is 27.7 Å². The van der Waals surface area contributed by atoms with Crippen LogP contribution in [0.25, 0.3) is 11.6 Å². The number of ether oxygens (including phenoxy) is 1. The van der Waals surface area contributed by atoms with Gasteiger partial charge in [-0.1, -0.05) is 0 Å². The third-order valence-electron chi connectivity index (χ3n) is 5.52. The first-order valence-corrected chi connectivity index (χ1v) is 11.7. The van der Waals surface area contributed by atoms with Gasteiger partial charge in [0.05, 0.1) is 6.10 Å². The Balaban J connectivity index is 1.62. The van der Waals surface area contributed by atoms with E-state index in [4.69, 9.17) is 13.6 Å². The van der Waals surface area contributed by atoms with E-state index in [1.165, 1.54) is 9.70 Å². The Kier molecular flexibility index (Phi) is 7.06. The van der Waals surface area contributed by atoms with Crippen molar-refractivity contribution in [3.63, 3.8) is 0 Å². The van der Waals surface area contributed by atoms with Crippen LogP contribution in [0.1, 0.15) is 56.9 Å². The van der Waals surface area contributed by atoms with E-state index >= 15 is 0 Å². The molecule has 0 spiro atoms. The van der Waals surface area contributed by atoms with Crippen LogP contribution in [0.5, 0.6) is 0 Å². The number of hydrogen-bond acceptors (Lipinski definition) is 8. The molecule has 0 radical (unpaired) electrons. The van der Waals surface area contributed by atoms with Gasteiger partial charge in [0.25, 0.3) is 5.91 Å². The van der Waals surface area contributed by atoms with Crippen molar-refractivity contribution in [2.45, 2.75) is 71.7 Å². The van der Waals surface area contributed by atoms with Crippen LogP contribution in [0, 0.1) is 13.8 Å². The van der Waals surface area contributed by atoms with Crippen molar-refractivity contribution < 1.29 is 23.2 Å². The van der Waals surface area contributed by atoms with Gasteiger partial charge in [0, 0.05) is 18.7 Å². The molecule has 1 fully saturated rings. The quantitative estimate of drug-likeness (QED) is 0.517. The monoisotopic (exact) mass is 484 g/mol. The van der Waals surface area contributed by atoms with Crippen molar-refractivity contribution in [3.05, 3.63) is 41.5 Å². The van der Waals surface area contributed by atoms with Crippen molar-refractivity contribution in [2.75, 3.05) is 13.2 Å². The zero-order valence-electron chi connectivity index (χ0n) is 20.8. The van der Waals surface area contributed by atoms with E-state index in [-0.39, 0.29) is 36.8 Å². The average molecular weight is 485 g/mol. The number of hydrogen-bond donors (Lipinski definition) is 1. The van der Waals surface area contributed by atoms with Gasteiger partial charge in [-0.2, -0.15) is 4.80 Å². The van der Waals surface area contributed by atoms with Gasteiger partial charge >= 0.3 is 0 Å². The molecule has 1 N–H and O–H groups in total. The number of nitrogens with zero attached hydrogens (tertiary/aromatic N) is 5. The predicted molar refractivity (Wildman–Crippen MR) is 125 cm³/mol. The summed E-state index contributed by atoms with van der Waals surface area (Å²) in [5.74, 6) is 1.80. The number of nitrogens with one attached hydrogen (secondary N) is 1. The summed E-state index contributed by atoms with van der Waals surface area (Å²) in [5.41, 5.74) is -0.501. The fraction of sp³-hybridized carbons (Fsp3) is 0.542. The smallest absolute Gasteiger partial charge is 0.251 e. The summed E-state index contributed by atoms with van der Waals surface area (Å²) in [6.07, 6.45) is 1.53. The minimum absolute atomic E-state index is 0.176. The predicted octanol–water partition coefficient (Wildman–Crippen LogP) is 2.81. The first kappa shape index (κ1) is 24.6. The van der Waals surface area contributed by atoms with Crippen molar-refractivity contribution in [3.8, 4) is 11.6 Å². The van der Waals surface area contributed by atoms with Crippen LogP contribution in [0.3, 0.4) is 0 Å². The number of tetrazole rings is 1. The molecular weight excluding hydrogens is 452 g/mol. The molecule has 3 aromatic heterocycles. The van der Waals surface area contributed by atoms with Crippen LogP contribution in [0.2, 0.25) is 0 Å². The Morgan fingerprint density at radius 3 is 2.51 bits per heavy atom. The molecule has 3 aromatic rings. The van der Waals surface area contributed by atoms with E-state index in [1.54, 1.807) is 31.2 Å². The fourth-order valence-corrected chi connectivity index (χ4v) is 4.00. The van der Waals surface area contributed by atoms with Gasteiger partial charge in [-0.15, -0.1) is 10.2 Å². The van der Waals surface area contributed by atoms with Crippen LogP contribution >= 0.6 is 0 Å². The SMILES string of the molecule is Cc1ccc(-c2nnn(CC(=O)N(C[C@H]3CCCO3)[C@H](C(=O)NC(C)(C)C)c3ccc(C)o3)n2)o1. The lowest BCUT2D eigenvalue weighted by Gasteiger charge is -2.33. The molecule has 1 aliphatic heterocycles. The largest absolute Gasteiger partial charge is 0.464 e. The van der Waals surface area contributed by atoms with Gasteiger partial charge in [-0.05, 0) is 76.9 Å². The molecule has 1 saturated heterocycles. The maximum atomic E-state index is 13.6. The maximum absolute atomic E-state index is 13.6. The molecule has 0 aliphatic carbocycles. The topological polar surface area (TPSA) is 129 Å². The van der Waals surface area contributed by atoms with Crippen LogP contribution in [0.15, 0.2) is 33.1 Å². The lowest BCUT2D eigenvalue weighted by Crippen LogP contribution is -2.51. The summed E-state index contributed by atoms with van der Waals surface area (Å²) in [6, 6.07) is 6.07. The van der Waals surface area contributed by atoms with Crippen LogP contribution in [-0.2, 0) is 20.9 Å². The minimum Gasteiger partial charge on any atom is -0.464 e. The summed E-state index contributed by atoms with van der Waals surface area (Å²) < 4.78 is 17.2. The summed E-state index contributed by atoms with van der Waals surface area (Å²) in [4.78, 5) is 29.8. The zero-order chi connectivity index (χ0) is 25.2. The normalized spacial score (nSPS) is 16.9. The van der Waals surface area contributed by atoms with E-state index in [0.717, 1.165) is 18.6 Å². The van der Waals surface area contributed by atoms with Crippen LogP contribution in [-0.4, -0.2) is 61.7 Å². The number of rotatable bonds is 8. The molecule has 4 heterocycles. The van der Waals surface area contributed by atoms with Crippen molar-refractivity contribution in [1.29, 1.82) is 0 Å². The van der Waals surface area contributed by atoms with Gasteiger partial charge in [0.15, 0.2) is 11.8 Å². The number of furan rings is 2. The molecule has 0 aromatic carbocycles. The molecular formula is C24H32N6O5. The van der Waals surface area contributed by atoms with Crippen LogP contribution < -0.4 is 5.32 Å². The summed E-state index contributed by atoms with van der Waals surface area (Å²) in [6.45, 7) is 9.93. The molecule has 2 amide bonds. The third kappa shape index (κ3) is 6.16. The van der Waals surface area contributed by atoms with Crippen molar-refractivity contribution in [1.82, 2.24) is 30.4 Å². The Hall–Kier alpha value is -3.47. The Bertz CT molecular complexity index is 1170. The lowest BCUT2D eigenvalue weighted by molar-refractivity contribution is -0.144. The molecule has 1 aliphatic rings. The standard InChI is InChI=1S/C24H32N6O5/c1-15-8-10-18(34-15)21(23(32)25-24(3,4)5)29(13-17-7-6-12-33-17)20(31)14-30-27-22(26-28-30)19-11-9-16(2)35-19/h8-11,17,21H,6-7,12-14H2,1-5H3,(H,25,32)/t17-,21+/m1/s1. The van der Waals surface area contributed by atoms with Crippen LogP contribution in [0.4, 0.5) is 0 Å². The van der Waals surface area contributed by atoms with Gasteiger partial charge in [0.2, 0.25) is 11.7 Å². The molecule has 11 nitrogen and oxygen atoms in total. The molecule has 11 heteroatoms. The number of carbonyl (C=O) groups is 2. The maximum Gasteiger partial charge on any atom is 0.251 e. The lowest BCUT2D eigenvalue weighted by atomic mass is 10.1. The number of amides is 2. The van der Waals surface area contributed by atoms with Gasteiger partial charge < -0.3 is 23.8 Å². The summed E-state index contributed by atoms with van der Waals surface area (Å²) in [7, 11) is 0. The molecule has 0 unspecified atom stereocenters. The highest BCUT2D eigenvalue weighted by molar-refractivity contribution is 5.88. The zero-order valence-corrected chi connectivity index (χ0v) is 20.8. The first-order chi connectivity index (χ1) is 16.6. The average Bonchev–Trinajstić information content (AvgIpc) is 3.55. The minimum atomic E-state index is -0.977. The Morgan fingerprint density at radius 1 is 1.17 bits per heavy atom. The second-order valence-corrected chi connectivity index (χ2v) is 9.83. The number of aromatic nitrogens is 4. The number of carbonyl (C=O) groups excluding carboxylic acids is 2. The van der Waals surface area contributed by atoms with Gasteiger partial charge in [0.1, 0.15) is 23.8 Å². The second-order valence-electron chi connectivity index (χ2n) is 9.83. The highest BCUT2D eigenvalue weighted by atomic mass is 16.5.